The molecule has 2 heterocycles. The third-order valence-electron chi connectivity index (χ3n) is 1.65. The zero-order valence-electron chi connectivity index (χ0n) is 8.44. The van der Waals surface area contributed by atoms with Crippen LogP contribution in [-0.4, -0.2) is 36.7 Å². The smallest absolute Gasteiger partial charge is 0.286 e. The van der Waals surface area contributed by atoms with Crippen LogP contribution in [0.5, 0.6) is 0 Å². The summed E-state index contributed by atoms with van der Waals surface area (Å²) in [5.41, 5.74) is 2.23. The number of nitrogens with one attached hydrogen (secondary N) is 2. The van der Waals surface area contributed by atoms with Gasteiger partial charge in [-0.25, -0.2) is 14.6 Å². The van der Waals surface area contributed by atoms with Crippen LogP contribution in [0.3, 0.4) is 0 Å². The van der Waals surface area contributed by atoms with Crippen molar-refractivity contribution in [1.29, 1.82) is 0 Å². The lowest BCUT2D eigenvalue weighted by Gasteiger charge is -2.04. The summed E-state index contributed by atoms with van der Waals surface area (Å²) in [6.07, 6.45) is 5.37. The van der Waals surface area contributed by atoms with Crippen LogP contribution in [0.4, 0.5) is 5.95 Å². The Morgan fingerprint density at radius 3 is 2.35 bits per heavy atom. The Bertz CT molecular complexity index is 510. The molecule has 0 fully saturated rings. The SMILES string of the molecule is O=C(Nc1ncccn1)C(=O)Nn1cnnc1. The molecule has 2 amide bonds. The summed E-state index contributed by atoms with van der Waals surface area (Å²) in [4.78, 5) is 30.2. The highest BCUT2D eigenvalue weighted by atomic mass is 16.2. The molecule has 0 bridgehead atoms. The molecule has 86 valence electrons. The van der Waals surface area contributed by atoms with E-state index in [-0.39, 0.29) is 5.95 Å². The van der Waals surface area contributed by atoms with Crippen molar-refractivity contribution in [3.8, 4) is 0 Å². The van der Waals surface area contributed by atoms with Gasteiger partial charge in [0.2, 0.25) is 5.95 Å². The van der Waals surface area contributed by atoms with Crippen LogP contribution in [0.1, 0.15) is 0 Å². The lowest BCUT2D eigenvalue weighted by atomic mass is 10.5. The van der Waals surface area contributed by atoms with Gasteiger partial charge in [0.25, 0.3) is 0 Å². The molecule has 17 heavy (non-hydrogen) atoms. The van der Waals surface area contributed by atoms with Crippen molar-refractivity contribution in [3.05, 3.63) is 31.1 Å². The first kappa shape index (κ1) is 10.7. The molecular weight excluding hydrogens is 226 g/mol. The molecule has 0 aliphatic carbocycles. The number of aromatic nitrogens is 5. The van der Waals surface area contributed by atoms with Gasteiger partial charge in [-0.1, -0.05) is 0 Å². The largest absolute Gasteiger partial charge is 0.328 e. The highest BCUT2D eigenvalue weighted by Gasteiger charge is 2.14. The summed E-state index contributed by atoms with van der Waals surface area (Å²) in [6, 6.07) is 1.59. The number of nitrogens with zero attached hydrogens (tertiary/aromatic N) is 5. The van der Waals surface area contributed by atoms with Crippen molar-refractivity contribution in [3.63, 3.8) is 0 Å². The maximum absolute atomic E-state index is 11.4. The Morgan fingerprint density at radius 2 is 1.71 bits per heavy atom. The molecule has 0 unspecified atom stereocenters. The molecule has 0 radical (unpaired) electrons. The van der Waals surface area contributed by atoms with Gasteiger partial charge >= 0.3 is 11.8 Å². The van der Waals surface area contributed by atoms with Crippen LogP contribution >= 0.6 is 0 Å². The Morgan fingerprint density at radius 1 is 1.06 bits per heavy atom. The van der Waals surface area contributed by atoms with Crippen molar-refractivity contribution in [1.82, 2.24) is 24.8 Å². The highest BCUT2D eigenvalue weighted by Crippen LogP contribution is 1.93. The fourth-order valence-corrected chi connectivity index (χ4v) is 0.948. The first-order chi connectivity index (χ1) is 8.25. The Hall–Kier alpha value is -2.84. The van der Waals surface area contributed by atoms with Gasteiger partial charge < -0.3 is 0 Å². The monoisotopic (exact) mass is 233 g/mol. The van der Waals surface area contributed by atoms with Gasteiger partial charge in [0.15, 0.2) is 0 Å². The summed E-state index contributed by atoms with van der Waals surface area (Å²) in [5.74, 6) is -1.71. The van der Waals surface area contributed by atoms with Gasteiger partial charge in [0, 0.05) is 12.4 Å². The van der Waals surface area contributed by atoms with Gasteiger partial charge in [-0.15, -0.1) is 10.2 Å². The fraction of sp³-hybridized carbons (Fsp3) is 0. The van der Waals surface area contributed by atoms with E-state index in [2.05, 4.69) is 30.9 Å². The average molecular weight is 233 g/mol. The molecule has 0 aliphatic heterocycles. The van der Waals surface area contributed by atoms with Gasteiger partial charge in [-0.2, -0.15) is 0 Å². The molecule has 0 aliphatic rings. The van der Waals surface area contributed by atoms with Crippen LogP contribution in [0.15, 0.2) is 31.1 Å². The van der Waals surface area contributed by atoms with Crippen molar-refractivity contribution < 1.29 is 9.59 Å². The van der Waals surface area contributed by atoms with Crippen LogP contribution < -0.4 is 10.7 Å². The van der Waals surface area contributed by atoms with Crippen LogP contribution in [0, 0.1) is 0 Å². The molecule has 2 rings (SSSR count). The quantitative estimate of drug-likeness (QED) is 0.628. The van der Waals surface area contributed by atoms with Crippen LogP contribution in [0.25, 0.3) is 0 Å². The number of carbonyl (C=O) groups is 2. The Kier molecular flexibility index (Phi) is 3.01. The second-order valence-corrected chi connectivity index (χ2v) is 2.84. The van der Waals surface area contributed by atoms with Gasteiger partial charge in [0.05, 0.1) is 0 Å². The molecule has 0 atom stereocenters. The second kappa shape index (κ2) is 4.79. The van der Waals surface area contributed by atoms with E-state index in [4.69, 9.17) is 0 Å². The number of hydrogen-bond acceptors (Lipinski definition) is 6. The van der Waals surface area contributed by atoms with E-state index in [0.717, 1.165) is 4.68 Å². The van der Waals surface area contributed by atoms with Crippen molar-refractivity contribution in [2.24, 2.45) is 0 Å². The molecule has 2 aromatic rings. The van der Waals surface area contributed by atoms with Crippen molar-refractivity contribution in [2.45, 2.75) is 0 Å². The summed E-state index contributed by atoms with van der Waals surface area (Å²) in [5, 5.41) is 9.15. The number of amides is 2. The maximum Gasteiger partial charge on any atom is 0.328 e. The summed E-state index contributed by atoms with van der Waals surface area (Å²) in [6.45, 7) is 0. The Balaban J connectivity index is 1.94. The van der Waals surface area contributed by atoms with Gasteiger partial charge in [0.1, 0.15) is 12.7 Å². The molecule has 0 spiro atoms. The number of hydrogen-bond donors (Lipinski definition) is 2. The molecule has 0 saturated carbocycles. The van der Waals surface area contributed by atoms with Crippen LogP contribution in [-0.2, 0) is 9.59 Å². The van der Waals surface area contributed by atoms with Crippen molar-refractivity contribution >= 4 is 17.8 Å². The topological polar surface area (TPSA) is 115 Å². The van der Waals surface area contributed by atoms with E-state index in [1.807, 2.05) is 0 Å². The van der Waals surface area contributed by atoms with E-state index in [9.17, 15) is 9.59 Å². The molecule has 0 aromatic carbocycles. The average Bonchev–Trinajstić information content (AvgIpc) is 2.83. The van der Waals surface area contributed by atoms with Crippen molar-refractivity contribution in [2.75, 3.05) is 10.7 Å². The zero-order valence-corrected chi connectivity index (χ0v) is 8.44. The minimum atomic E-state index is -0.884. The van der Waals surface area contributed by atoms with Gasteiger partial charge in [-0.3, -0.25) is 20.3 Å². The first-order valence-electron chi connectivity index (χ1n) is 4.49. The predicted octanol–water partition coefficient (Wildman–Crippen LogP) is -1.22. The zero-order chi connectivity index (χ0) is 12.1. The minimum absolute atomic E-state index is 0.0522. The third kappa shape index (κ3) is 2.81. The van der Waals surface area contributed by atoms with Crippen LogP contribution in [0.2, 0.25) is 0 Å². The minimum Gasteiger partial charge on any atom is -0.286 e. The summed E-state index contributed by atoms with van der Waals surface area (Å²) < 4.78 is 1.15. The predicted molar refractivity (Wildman–Crippen MR) is 55.1 cm³/mol. The number of anilines is 1. The molecule has 0 saturated heterocycles. The van der Waals surface area contributed by atoms with E-state index in [1.165, 1.54) is 25.0 Å². The highest BCUT2D eigenvalue weighted by molar-refractivity contribution is 6.42. The van der Waals surface area contributed by atoms with E-state index in [1.54, 1.807) is 6.07 Å². The third-order valence-corrected chi connectivity index (χ3v) is 1.65. The molecule has 2 aromatic heterocycles. The fourth-order valence-electron chi connectivity index (χ4n) is 0.948. The molecular formula is C8H7N7O2. The van der Waals surface area contributed by atoms with E-state index >= 15 is 0 Å². The lowest BCUT2D eigenvalue weighted by Crippen LogP contribution is -2.34. The summed E-state index contributed by atoms with van der Waals surface area (Å²) >= 11 is 0. The number of rotatable bonds is 2. The first-order valence-corrected chi connectivity index (χ1v) is 4.49. The van der Waals surface area contributed by atoms with E-state index in [0.29, 0.717) is 0 Å². The maximum atomic E-state index is 11.4. The lowest BCUT2D eigenvalue weighted by molar-refractivity contribution is -0.133. The van der Waals surface area contributed by atoms with E-state index < -0.39 is 11.8 Å². The number of carbonyl (C=O) groups excluding carboxylic acids is 2. The summed E-state index contributed by atoms with van der Waals surface area (Å²) in [7, 11) is 0. The second-order valence-electron chi connectivity index (χ2n) is 2.84. The molecule has 2 N–H and O–H groups in total. The Labute approximate surface area is 94.9 Å². The van der Waals surface area contributed by atoms with Gasteiger partial charge in [-0.05, 0) is 6.07 Å². The molecule has 9 heteroatoms. The normalized spacial score (nSPS) is 9.65. The molecule has 9 nitrogen and oxygen atoms in total. The standard InChI is InChI=1S/C8H7N7O2/c16-6(13-8-9-2-1-3-10-8)7(17)14-15-4-11-12-5-15/h1-5H,(H,14,17)(H,9,10,13,16).